The highest BCUT2D eigenvalue weighted by atomic mass is 35.5. The Kier molecular flexibility index (Phi) is 7.91. The van der Waals surface area contributed by atoms with Crippen LogP contribution in [0, 0.1) is 0 Å². The second-order valence-corrected chi connectivity index (χ2v) is 10.8. The summed E-state index contributed by atoms with van der Waals surface area (Å²) in [6.45, 7) is 1.89. The van der Waals surface area contributed by atoms with Crippen molar-refractivity contribution in [2.45, 2.75) is 24.2 Å². The van der Waals surface area contributed by atoms with E-state index in [0.717, 1.165) is 31.6 Å². The zero-order valence-electron chi connectivity index (χ0n) is 20.2. The van der Waals surface area contributed by atoms with Crippen LogP contribution in [0.5, 0.6) is 0 Å². The number of halogens is 1. The number of hydrogen-bond acceptors (Lipinski definition) is 5. The van der Waals surface area contributed by atoms with E-state index >= 15 is 0 Å². The van der Waals surface area contributed by atoms with E-state index in [0.29, 0.717) is 27.4 Å². The predicted octanol–water partition coefficient (Wildman–Crippen LogP) is 4.46. The van der Waals surface area contributed by atoms with Gasteiger partial charge in [-0.15, -0.1) is 4.40 Å². The Bertz CT molecular complexity index is 1390. The van der Waals surface area contributed by atoms with Crippen molar-refractivity contribution in [3.63, 3.8) is 0 Å². The zero-order chi connectivity index (χ0) is 25.7. The van der Waals surface area contributed by atoms with Gasteiger partial charge < -0.3 is 15.1 Å². The Morgan fingerprint density at radius 1 is 1.14 bits per heavy atom. The molecule has 0 radical (unpaired) electrons. The molecule has 1 saturated heterocycles. The average molecular weight is 526 g/mol. The largest absolute Gasteiger partial charge is 0.370 e. The van der Waals surface area contributed by atoms with Crippen molar-refractivity contribution in [3.05, 3.63) is 71.5 Å². The van der Waals surface area contributed by atoms with E-state index in [2.05, 4.69) is 19.6 Å². The molecule has 2 aromatic carbocycles. The van der Waals surface area contributed by atoms with Gasteiger partial charge >= 0.3 is 0 Å². The normalized spacial score (nSPS) is 13.8. The number of pyridine rings is 1. The number of amides is 1. The van der Waals surface area contributed by atoms with Gasteiger partial charge in [0.25, 0.3) is 10.0 Å². The summed E-state index contributed by atoms with van der Waals surface area (Å²) in [6, 6.07) is 13.8. The van der Waals surface area contributed by atoms with Crippen LogP contribution in [0.15, 0.2) is 70.2 Å². The lowest BCUT2D eigenvalue weighted by Crippen LogP contribution is -2.17. The Hall–Kier alpha value is -3.43. The van der Waals surface area contributed by atoms with Crippen LogP contribution in [0.3, 0.4) is 0 Å². The highest BCUT2D eigenvalue weighted by Crippen LogP contribution is 2.33. The number of anilines is 2. The molecular formula is C26H28ClN5O3S. The molecule has 1 aliphatic heterocycles. The molecule has 1 aromatic heterocycles. The fourth-order valence-corrected chi connectivity index (χ4v) is 5.38. The van der Waals surface area contributed by atoms with Crippen molar-refractivity contribution < 1.29 is 13.2 Å². The Morgan fingerprint density at radius 3 is 2.61 bits per heavy atom. The molecule has 10 heteroatoms. The molecule has 0 atom stereocenters. The molecule has 2 heterocycles. The van der Waals surface area contributed by atoms with E-state index in [1.807, 2.05) is 6.07 Å². The monoisotopic (exact) mass is 525 g/mol. The molecule has 0 aliphatic carbocycles. The van der Waals surface area contributed by atoms with Gasteiger partial charge in [0.1, 0.15) is 6.34 Å². The van der Waals surface area contributed by atoms with Crippen molar-refractivity contribution in [3.8, 4) is 11.1 Å². The highest BCUT2D eigenvalue weighted by molar-refractivity contribution is 7.90. The number of carbonyl (C=O) groups is 1. The lowest BCUT2D eigenvalue weighted by Gasteiger charge is -2.18. The van der Waals surface area contributed by atoms with Gasteiger partial charge in [-0.05, 0) is 42.7 Å². The summed E-state index contributed by atoms with van der Waals surface area (Å²) in [5, 5.41) is 3.28. The molecule has 0 spiro atoms. The number of nitrogens with one attached hydrogen (secondary N) is 1. The minimum Gasteiger partial charge on any atom is -0.370 e. The van der Waals surface area contributed by atoms with Gasteiger partial charge in [0.15, 0.2) is 0 Å². The number of nitrogens with zero attached hydrogens (tertiary/aromatic N) is 4. The first kappa shape index (κ1) is 25.7. The maximum atomic E-state index is 13.3. The number of aromatic nitrogens is 1. The number of hydrogen-bond donors (Lipinski definition) is 1. The lowest BCUT2D eigenvalue weighted by molar-refractivity contribution is -0.115. The van der Waals surface area contributed by atoms with Gasteiger partial charge in [-0.25, -0.2) is 0 Å². The summed E-state index contributed by atoms with van der Waals surface area (Å²) in [5.41, 5.74) is 3.09. The number of benzene rings is 2. The average Bonchev–Trinajstić information content (AvgIpc) is 3.40. The zero-order valence-corrected chi connectivity index (χ0v) is 21.8. The van der Waals surface area contributed by atoms with Crippen LogP contribution in [0.4, 0.5) is 11.4 Å². The number of rotatable bonds is 8. The molecule has 3 aromatic rings. The molecule has 1 N–H and O–H groups in total. The van der Waals surface area contributed by atoms with E-state index in [-0.39, 0.29) is 17.2 Å². The molecule has 8 nitrogen and oxygen atoms in total. The van der Waals surface area contributed by atoms with Crippen LogP contribution in [-0.2, 0) is 21.2 Å². The van der Waals surface area contributed by atoms with Crippen molar-refractivity contribution >= 4 is 45.2 Å². The van der Waals surface area contributed by atoms with Crippen molar-refractivity contribution in [2.75, 3.05) is 37.4 Å². The molecule has 1 aliphatic rings. The van der Waals surface area contributed by atoms with E-state index in [9.17, 15) is 13.2 Å². The highest BCUT2D eigenvalue weighted by Gasteiger charge is 2.22. The van der Waals surface area contributed by atoms with E-state index in [1.54, 1.807) is 67.8 Å². The standard InChI is InChI=1S/C26H28ClN5O3S/c1-31(2)18-29-36(34,35)25-15-21(30-26(33)14-19-7-3-4-8-24(19)27)9-10-23(25)20-13-22(17-28-16-20)32-11-5-6-12-32/h3-4,7-10,13,15-18H,5-6,11-12,14H2,1-2H3,(H,30,33). The minimum absolute atomic E-state index is 0.0171. The third-order valence-electron chi connectivity index (χ3n) is 5.78. The summed E-state index contributed by atoms with van der Waals surface area (Å²) in [7, 11) is -0.698. The Balaban J connectivity index is 1.70. The summed E-state index contributed by atoms with van der Waals surface area (Å²) >= 11 is 6.18. The van der Waals surface area contributed by atoms with Crippen molar-refractivity contribution in [1.29, 1.82) is 0 Å². The maximum Gasteiger partial charge on any atom is 0.284 e. The van der Waals surface area contributed by atoms with Gasteiger partial charge in [-0.1, -0.05) is 35.9 Å². The summed E-state index contributed by atoms with van der Waals surface area (Å²) in [4.78, 5) is 20.8. The first-order chi connectivity index (χ1) is 17.2. The number of carbonyl (C=O) groups excluding carboxylic acids is 1. The smallest absolute Gasteiger partial charge is 0.284 e. The predicted molar refractivity (Wildman–Crippen MR) is 144 cm³/mol. The SMILES string of the molecule is CN(C)C=NS(=O)(=O)c1cc(NC(=O)Cc2ccccc2Cl)ccc1-c1cncc(N2CCCC2)c1. The molecule has 1 fully saturated rings. The maximum absolute atomic E-state index is 13.3. The minimum atomic E-state index is -4.08. The first-order valence-electron chi connectivity index (χ1n) is 11.6. The molecule has 0 unspecified atom stereocenters. The fraction of sp³-hybridized carbons (Fsp3) is 0.269. The van der Waals surface area contributed by atoms with Crippen molar-refractivity contribution in [2.24, 2.45) is 4.40 Å². The molecule has 188 valence electrons. The van der Waals surface area contributed by atoms with E-state index in [4.69, 9.17) is 11.6 Å². The Morgan fingerprint density at radius 2 is 1.89 bits per heavy atom. The summed E-state index contributed by atoms with van der Waals surface area (Å²) in [6.07, 6.45) is 6.96. The van der Waals surface area contributed by atoms with Crippen molar-refractivity contribution in [1.82, 2.24) is 9.88 Å². The molecule has 1 amide bonds. The molecule has 0 saturated carbocycles. The molecule has 4 rings (SSSR count). The quantitative estimate of drug-likeness (QED) is 0.344. The molecule has 36 heavy (non-hydrogen) atoms. The third-order valence-corrected chi connectivity index (χ3v) is 7.41. The molecule has 0 bridgehead atoms. The van der Waals surface area contributed by atoms with Gasteiger partial charge in [0, 0.05) is 55.2 Å². The summed E-state index contributed by atoms with van der Waals surface area (Å²) in [5.74, 6) is -0.311. The van der Waals surface area contributed by atoms with Crippen LogP contribution in [0.2, 0.25) is 5.02 Å². The van der Waals surface area contributed by atoms with Gasteiger partial charge in [0.2, 0.25) is 5.91 Å². The third kappa shape index (κ3) is 6.22. The van der Waals surface area contributed by atoms with Crippen LogP contribution >= 0.6 is 11.6 Å². The van der Waals surface area contributed by atoms with Gasteiger partial charge in [-0.2, -0.15) is 8.42 Å². The van der Waals surface area contributed by atoms with E-state index < -0.39 is 10.0 Å². The Labute approximate surface area is 216 Å². The first-order valence-corrected chi connectivity index (χ1v) is 13.4. The molecular weight excluding hydrogens is 498 g/mol. The second-order valence-electron chi connectivity index (χ2n) is 8.81. The summed E-state index contributed by atoms with van der Waals surface area (Å²) < 4.78 is 30.3. The van der Waals surface area contributed by atoms with Gasteiger partial charge in [0.05, 0.1) is 23.2 Å². The van der Waals surface area contributed by atoms with Crippen LogP contribution < -0.4 is 10.2 Å². The fourth-order valence-electron chi connectivity index (χ4n) is 4.01. The van der Waals surface area contributed by atoms with Gasteiger partial charge in [-0.3, -0.25) is 9.78 Å². The van der Waals surface area contributed by atoms with Crippen LogP contribution in [0.1, 0.15) is 18.4 Å². The topological polar surface area (TPSA) is 95.0 Å². The van der Waals surface area contributed by atoms with Crippen LogP contribution in [-0.4, -0.2) is 57.7 Å². The second kappa shape index (κ2) is 11.1. The van der Waals surface area contributed by atoms with E-state index in [1.165, 1.54) is 12.4 Å². The lowest BCUT2D eigenvalue weighted by atomic mass is 10.1. The van der Waals surface area contributed by atoms with Crippen LogP contribution in [0.25, 0.3) is 11.1 Å². The number of sulfonamides is 1.